The zero-order chi connectivity index (χ0) is 26.1. The first-order valence-electron chi connectivity index (χ1n) is 11.0. The van der Waals surface area contributed by atoms with Crippen LogP contribution in [-0.4, -0.2) is 40.9 Å². The number of nitrogens with zero attached hydrogens (tertiary/aromatic N) is 8. The molecule has 0 amide bonds. The quantitative estimate of drug-likeness (QED) is 0.177. The van der Waals surface area contributed by atoms with Gasteiger partial charge in [0.2, 0.25) is 10.0 Å². The van der Waals surface area contributed by atoms with Crippen LogP contribution in [0.15, 0.2) is 57.8 Å². The number of azo groups is 1. The minimum atomic E-state index is -4.22. The fourth-order valence-electron chi connectivity index (χ4n) is 3.43. The molecule has 1 radical (unpaired) electrons. The van der Waals surface area contributed by atoms with Gasteiger partial charge in [0, 0.05) is 23.2 Å². The summed E-state index contributed by atoms with van der Waals surface area (Å²) in [5, 5.41) is 21.0. The third kappa shape index (κ3) is 5.71. The molecule has 0 bridgehead atoms. The average Bonchev–Trinajstić information content (AvgIpc) is 3.42. The molecule has 12 nitrogen and oxygen atoms in total. The summed E-state index contributed by atoms with van der Waals surface area (Å²) in [6, 6.07) is 8.33. The molecule has 0 aliphatic rings. The van der Waals surface area contributed by atoms with Crippen molar-refractivity contribution in [3.8, 4) is 0 Å². The largest absolute Gasteiger partial charge is 2.00 e. The molecule has 3 heterocycles. The summed E-state index contributed by atoms with van der Waals surface area (Å²) in [4.78, 5) is 16.3. The standard InChI is InChI=1S/C23H25N8O4S.Cu/c1-6-35-22(32)15-13-25-27-20(15)28-26-18-19(23(2,3)4)29-31(5)21(18)30-36(33,34)16-11-7-9-14-10-8-12-24-17(14)16;/h7-13H,6H2,1-5H3,(H-,25,26,27,28,29,30,32);/q-1;+2/p-1. The Morgan fingerprint density at radius 3 is 2.62 bits per heavy atom. The number of hydrogen-bond donors (Lipinski definition) is 0. The van der Waals surface area contributed by atoms with Crippen LogP contribution in [0.3, 0.4) is 0 Å². The minimum Gasteiger partial charge on any atom is -0.462 e. The summed E-state index contributed by atoms with van der Waals surface area (Å²) in [5.41, 5.74) is 0.383. The van der Waals surface area contributed by atoms with E-state index >= 15 is 0 Å². The van der Waals surface area contributed by atoms with Crippen LogP contribution in [0.4, 0.5) is 17.3 Å². The summed E-state index contributed by atoms with van der Waals surface area (Å²) in [6.07, 6.45) is 2.74. The second-order valence-corrected chi connectivity index (χ2v) is 10.4. The molecule has 0 aliphatic carbocycles. The number of rotatable bonds is 7. The molecule has 37 heavy (non-hydrogen) atoms. The van der Waals surface area contributed by atoms with Gasteiger partial charge in [-0.25, -0.2) is 13.2 Å². The summed E-state index contributed by atoms with van der Waals surface area (Å²) in [7, 11) is -2.65. The maximum atomic E-state index is 13.4. The summed E-state index contributed by atoms with van der Waals surface area (Å²) < 4.78 is 37.3. The van der Waals surface area contributed by atoms with Gasteiger partial charge in [-0.1, -0.05) is 39.0 Å². The molecule has 14 heteroatoms. The van der Waals surface area contributed by atoms with Crippen molar-refractivity contribution in [1.29, 1.82) is 0 Å². The summed E-state index contributed by atoms with van der Waals surface area (Å²) >= 11 is 0. The number of hydrogen-bond acceptors (Lipinski definition) is 9. The third-order valence-electron chi connectivity index (χ3n) is 5.10. The van der Waals surface area contributed by atoms with Crippen LogP contribution < -0.4 is 5.10 Å². The molecule has 3 aromatic heterocycles. The van der Waals surface area contributed by atoms with Gasteiger partial charge in [-0.05, 0) is 37.7 Å². The van der Waals surface area contributed by atoms with Gasteiger partial charge in [0.25, 0.3) is 0 Å². The fourth-order valence-corrected chi connectivity index (χ4v) is 4.62. The van der Waals surface area contributed by atoms with Gasteiger partial charge in [-0.2, -0.15) is 0 Å². The van der Waals surface area contributed by atoms with Crippen molar-refractivity contribution >= 4 is 44.2 Å². The van der Waals surface area contributed by atoms with E-state index in [1.807, 2.05) is 20.8 Å². The molecule has 0 N–H and O–H groups in total. The van der Waals surface area contributed by atoms with Crippen molar-refractivity contribution in [2.45, 2.75) is 38.0 Å². The third-order valence-corrected chi connectivity index (χ3v) is 6.40. The van der Waals surface area contributed by atoms with Gasteiger partial charge < -0.3 is 24.4 Å². The van der Waals surface area contributed by atoms with E-state index < -0.39 is 21.4 Å². The SMILES string of the molecule is CCOC(=O)c1cn[n-]c1N=Nc1c(C(C)(C)C)nn(C)c1[N-]S(=O)(=O)c1cccc2cccnc12.[Cu+2]. The Labute approximate surface area is 224 Å². The number of aryl methyl sites for hydroxylation is 1. The second kappa shape index (κ2) is 10.8. The number of aromatic nitrogens is 5. The van der Waals surface area contributed by atoms with Crippen LogP contribution in [0.1, 0.15) is 43.7 Å². The van der Waals surface area contributed by atoms with Crippen molar-refractivity contribution in [3.05, 3.63) is 58.7 Å². The molecular formula is C23H24CuN8O4S. The first-order valence-corrected chi connectivity index (χ1v) is 12.4. The number of ether oxygens (including phenoxy) is 1. The second-order valence-electron chi connectivity index (χ2n) is 8.79. The van der Waals surface area contributed by atoms with E-state index in [0.717, 1.165) is 0 Å². The maximum absolute atomic E-state index is 13.4. The Bertz CT molecular complexity index is 1570. The normalized spacial score (nSPS) is 12.0. The van der Waals surface area contributed by atoms with Crippen molar-refractivity contribution in [2.24, 2.45) is 17.3 Å². The number of carbonyl (C=O) groups is 1. The molecule has 0 atom stereocenters. The predicted molar refractivity (Wildman–Crippen MR) is 132 cm³/mol. The van der Waals surface area contributed by atoms with Crippen LogP contribution in [0.25, 0.3) is 15.6 Å². The average molecular weight is 572 g/mol. The number of benzene rings is 1. The predicted octanol–water partition coefficient (Wildman–Crippen LogP) is 4.60. The first-order chi connectivity index (χ1) is 17.0. The Hall–Kier alpha value is -3.61. The van der Waals surface area contributed by atoms with E-state index in [2.05, 4.69) is 35.2 Å². The number of pyridine rings is 1. The Kier molecular flexibility index (Phi) is 8.15. The summed E-state index contributed by atoms with van der Waals surface area (Å²) in [5.74, 6) is -0.743. The smallest absolute Gasteiger partial charge is 0.462 e. The van der Waals surface area contributed by atoms with Gasteiger partial charge in [-0.3, -0.25) is 20.3 Å². The van der Waals surface area contributed by atoms with Crippen LogP contribution in [0.2, 0.25) is 0 Å². The zero-order valence-corrected chi connectivity index (χ0v) is 22.4. The Balaban J connectivity index is 0.00000380. The van der Waals surface area contributed by atoms with Crippen LogP contribution in [0, 0.1) is 0 Å². The van der Waals surface area contributed by atoms with Crippen molar-refractivity contribution in [2.75, 3.05) is 6.61 Å². The molecule has 0 spiro atoms. The van der Waals surface area contributed by atoms with Crippen molar-refractivity contribution in [1.82, 2.24) is 25.0 Å². The molecule has 197 valence electrons. The molecule has 4 rings (SSSR count). The van der Waals surface area contributed by atoms with E-state index in [0.29, 0.717) is 16.6 Å². The monoisotopic (exact) mass is 571 g/mol. The molecule has 0 aliphatic heterocycles. The van der Waals surface area contributed by atoms with Crippen LogP contribution in [-0.2, 0) is 44.3 Å². The van der Waals surface area contributed by atoms with E-state index in [1.54, 1.807) is 38.2 Å². The number of fused-ring (bicyclic) bond motifs is 1. The topological polar surface area (TPSA) is 157 Å². The molecule has 4 aromatic rings. The number of esters is 1. The Morgan fingerprint density at radius 1 is 1.19 bits per heavy atom. The van der Waals surface area contributed by atoms with Gasteiger partial charge in [0.15, 0.2) is 0 Å². The minimum absolute atomic E-state index is 0. The number of para-hydroxylation sites is 1. The van der Waals surface area contributed by atoms with Crippen LogP contribution >= 0.6 is 0 Å². The van der Waals surface area contributed by atoms with Crippen molar-refractivity contribution < 1.29 is 35.0 Å². The molecule has 0 saturated heterocycles. The van der Waals surface area contributed by atoms with Gasteiger partial charge in [0.05, 0.1) is 34.0 Å². The van der Waals surface area contributed by atoms with E-state index in [9.17, 15) is 13.2 Å². The Morgan fingerprint density at radius 2 is 1.92 bits per heavy atom. The van der Waals surface area contributed by atoms with Gasteiger partial charge >= 0.3 is 23.0 Å². The number of sulfonamides is 1. The molecule has 1 aromatic carbocycles. The van der Waals surface area contributed by atoms with E-state index in [-0.39, 0.29) is 51.5 Å². The first kappa shape index (κ1) is 28.0. The summed E-state index contributed by atoms with van der Waals surface area (Å²) in [6.45, 7) is 7.53. The molecule has 0 unspecified atom stereocenters. The number of carbonyl (C=O) groups excluding carboxylic acids is 1. The van der Waals surface area contributed by atoms with Crippen molar-refractivity contribution in [3.63, 3.8) is 0 Å². The molecule has 0 saturated carbocycles. The van der Waals surface area contributed by atoms with E-state index in [1.165, 1.54) is 23.1 Å². The van der Waals surface area contributed by atoms with E-state index in [4.69, 9.17) is 4.74 Å². The van der Waals surface area contributed by atoms with Gasteiger partial charge in [0.1, 0.15) is 0 Å². The van der Waals surface area contributed by atoms with Gasteiger partial charge in [-0.15, -0.1) is 0 Å². The fraction of sp³-hybridized carbons (Fsp3) is 0.304. The molecular weight excluding hydrogens is 548 g/mol. The molecule has 0 fully saturated rings. The maximum Gasteiger partial charge on any atom is 2.00 e. The zero-order valence-electron chi connectivity index (χ0n) is 20.7. The van der Waals surface area contributed by atoms with Crippen LogP contribution in [0.5, 0.6) is 0 Å².